The van der Waals surface area contributed by atoms with E-state index >= 15 is 0 Å². The van der Waals surface area contributed by atoms with E-state index in [1.165, 1.54) is 18.2 Å². The second-order valence-electron chi connectivity index (χ2n) is 3.84. The maximum absolute atomic E-state index is 12.6. The Balaban J connectivity index is 2.26. The number of rotatable bonds is 3. The van der Waals surface area contributed by atoms with Crippen LogP contribution in [0.15, 0.2) is 34.9 Å². The summed E-state index contributed by atoms with van der Waals surface area (Å²) in [7, 11) is 0. The first kappa shape index (κ1) is 14.4. The second-order valence-corrected chi connectivity index (χ2v) is 4.10. The average Bonchev–Trinajstić information content (AvgIpc) is 2.86. The van der Waals surface area contributed by atoms with Crippen LogP contribution >= 0.6 is 11.6 Å². The highest BCUT2D eigenvalue weighted by Gasteiger charge is 2.30. The van der Waals surface area contributed by atoms with Gasteiger partial charge in [-0.05, 0) is 12.1 Å². The lowest BCUT2D eigenvalue weighted by atomic mass is 10.1. The molecule has 0 aliphatic heterocycles. The lowest BCUT2D eigenvalue weighted by Gasteiger charge is -2.06. The van der Waals surface area contributed by atoms with Gasteiger partial charge < -0.3 is 4.52 Å². The molecule has 0 spiro atoms. The second kappa shape index (κ2) is 5.54. The largest absolute Gasteiger partial charge is 0.416 e. The fourth-order valence-electron chi connectivity index (χ4n) is 1.50. The molecule has 1 heterocycles. The number of carbonyl (C=O) groups is 1. The molecule has 0 saturated carbocycles. The van der Waals surface area contributed by atoms with E-state index in [-0.39, 0.29) is 23.0 Å². The van der Waals surface area contributed by atoms with E-state index < -0.39 is 17.6 Å². The molecule has 0 aliphatic carbocycles. The number of amides is 1. The number of halogens is 4. The highest BCUT2D eigenvalue weighted by atomic mass is 35.5. The first-order valence-electron chi connectivity index (χ1n) is 5.40. The van der Waals surface area contributed by atoms with E-state index in [2.05, 4.69) is 10.5 Å². The molecule has 0 unspecified atom stereocenters. The third-order valence-corrected chi connectivity index (χ3v) is 2.62. The number of nitrogens with zero attached hydrogens (tertiary/aromatic N) is 1. The van der Waals surface area contributed by atoms with Crippen LogP contribution in [0.25, 0.3) is 11.3 Å². The number of anilines is 1. The van der Waals surface area contributed by atoms with E-state index in [1.807, 2.05) is 0 Å². The smallest absolute Gasteiger partial charge is 0.338 e. The van der Waals surface area contributed by atoms with Crippen LogP contribution in [0.1, 0.15) is 5.56 Å². The highest BCUT2D eigenvalue weighted by molar-refractivity contribution is 6.28. The van der Waals surface area contributed by atoms with E-state index in [9.17, 15) is 18.0 Å². The van der Waals surface area contributed by atoms with E-state index in [4.69, 9.17) is 16.1 Å². The van der Waals surface area contributed by atoms with E-state index in [1.54, 1.807) is 0 Å². The van der Waals surface area contributed by atoms with E-state index in [0.717, 1.165) is 12.1 Å². The molecule has 8 heteroatoms. The van der Waals surface area contributed by atoms with Gasteiger partial charge in [0.15, 0.2) is 0 Å². The summed E-state index contributed by atoms with van der Waals surface area (Å²) in [6, 6.07) is 5.95. The van der Waals surface area contributed by atoms with Gasteiger partial charge in [-0.1, -0.05) is 17.3 Å². The van der Waals surface area contributed by atoms with Crippen molar-refractivity contribution in [1.82, 2.24) is 5.16 Å². The van der Waals surface area contributed by atoms with Crippen LogP contribution < -0.4 is 5.32 Å². The molecule has 0 aliphatic rings. The van der Waals surface area contributed by atoms with Gasteiger partial charge >= 0.3 is 6.18 Å². The third kappa shape index (κ3) is 3.30. The van der Waals surface area contributed by atoms with Crippen LogP contribution in [-0.2, 0) is 11.0 Å². The topological polar surface area (TPSA) is 55.1 Å². The van der Waals surface area contributed by atoms with Crippen molar-refractivity contribution in [2.45, 2.75) is 6.18 Å². The van der Waals surface area contributed by atoms with Crippen molar-refractivity contribution in [2.24, 2.45) is 0 Å². The number of aromatic nitrogens is 1. The van der Waals surface area contributed by atoms with Crippen molar-refractivity contribution in [2.75, 3.05) is 11.2 Å². The fraction of sp³-hybridized carbons (Fsp3) is 0.167. The molecule has 0 fully saturated rings. The molecule has 4 nitrogen and oxygen atoms in total. The van der Waals surface area contributed by atoms with Gasteiger partial charge in [-0.3, -0.25) is 10.1 Å². The minimum atomic E-state index is -4.44. The Kier molecular flexibility index (Phi) is 3.99. The summed E-state index contributed by atoms with van der Waals surface area (Å²) in [5, 5.41) is 5.90. The number of carbonyl (C=O) groups excluding carboxylic acids is 1. The summed E-state index contributed by atoms with van der Waals surface area (Å²) in [6.07, 6.45) is -4.44. The van der Waals surface area contributed by atoms with Crippen molar-refractivity contribution < 1.29 is 22.5 Å². The van der Waals surface area contributed by atoms with Gasteiger partial charge in [-0.15, -0.1) is 11.6 Å². The summed E-state index contributed by atoms with van der Waals surface area (Å²) in [5.74, 6) is -0.749. The molecule has 106 valence electrons. The summed E-state index contributed by atoms with van der Waals surface area (Å²) in [6.45, 7) is 0. The molecule has 1 aromatic heterocycles. The van der Waals surface area contributed by atoms with Gasteiger partial charge in [0.2, 0.25) is 11.8 Å². The minimum absolute atomic E-state index is 0.0167. The van der Waals surface area contributed by atoms with Crippen LogP contribution in [0.5, 0.6) is 0 Å². The molecule has 2 aromatic rings. The molecule has 0 bridgehead atoms. The SMILES string of the molecule is O=C(CCl)Nc1cc(-c2cccc(C(F)(F)F)c2)no1. The van der Waals surface area contributed by atoms with Crippen LogP contribution in [0.3, 0.4) is 0 Å². The standard InChI is InChI=1S/C12H8ClF3N2O2/c13-6-10(19)17-11-5-9(18-20-11)7-2-1-3-8(4-7)12(14,15)16/h1-5H,6H2,(H,17,19). The third-order valence-electron chi connectivity index (χ3n) is 2.38. The van der Waals surface area contributed by atoms with Gasteiger partial charge in [0.1, 0.15) is 11.6 Å². The molecule has 0 atom stereocenters. The van der Waals surface area contributed by atoms with Crippen molar-refractivity contribution in [3.8, 4) is 11.3 Å². The van der Waals surface area contributed by atoms with E-state index in [0.29, 0.717) is 0 Å². The number of alkyl halides is 4. The van der Waals surface area contributed by atoms with Crippen LogP contribution in [0.4, 0.5) is 19.1 Å². The predicted octanol–water partition coefficient (Wildman–Crippen LogP) is 3.54. The number of hydrogen-bond acceptors (Lipinski definition) is 3. The van der Waals surface area contributed by atoms with Crippen molar-refractivity contribution >= 4 is 23.4 Å². The van der Waals surface area contributed by atoms with Gasteiger partial charge in [0, 0.05) is 11.6 Å². The maximum Gasteiger partial charge on any atom is 0.416 e. The summed E-state index contributed by atoms with van der Waals surface area (Å²) in [5.41, 5.74) is -0.375. The highest BCUT2D eigenvalue weighted by Crippen LogP contribution is 2.32. The monoisotopic (exact) mass is 304 g/mol. The predicted molar refractivity (Wildman–Crippen MR) is 66.3 cm³/mol. The molecule has 20 heavy (non-hydrogen) atoms. The maximum atomic E-state index is 12.6. The van der Waals surface area contributed by atoms with Crippen molar-refractivity contribution in [3.05, 3.63) is 35.9 Å². The zero-order valence-electron chi connectivity index (χ0n) is 9.87. The van der Waals surface area contributed by atoms with Gasteiger partial charge in [0.25, 0.3) is 0 Å². The molecule has 1 N–H and O–H groups in total. The zero-order valence-corrected chi connectivity index (χ0v) is 10.6. The Morgan fingerprint density at radius 2 is 2.10 bits per heavy atom. The molecular weight excluding hydrogens is 297 g/mol. The molecule has 0 radical (unpaired) electrons. The minimum Gasteiger partial charge on any atom is -0.338 e. The first-order chi connectivity index (χ1) is 9.40. The fourth-order valence-corrected chi connectivity index (χ4v) is 1.56. The lowest BCUT2D eigenvalue weighted by Crippen LogP contribution is -2.11. The van der Waals surface area contributed by atoms with Crippen LogP contribution in [0.2, 0.25) is 0 Å². The van der Waals surface area contributed by atoms with Gasteiger partial charge in [-0.25, -0.2) is 0 Å². The molecule has 2 rings (SSSR count). The zero-order chi connectivity index (χ0) is 14.8. The quantitative estimate of drug-likeness (QED) is 0.882. The molecular formula is C12H8ClF3N2O2. The first-order valence-corrected chi connectivity index (χ1v) is 5.94. The summed E-state index contributed by atoms with van der Waals surface area (Å²) >= 11 is 5.30. The average molecular weight is 305 g/mol. The molecule has 1 aromatic carbocycles. The molecule has 0 saturated heterocycles. The van der Waals surface area contributed by atoms with Crippen LogP contribution in [-0.4, -0.2) is 16.9 Å². The Morgan fingerprint density at radius 3 is 2.75 bits per heavy atom. The normalized spacial score (nSPS) is 11.4. The number of nitrogens with one attached hydrogen (secondary N) is 1. The Hall–Kier alpha value is -2.02. The summed E-state index contributed by atoms with van der Waals surface area (Å²) in [4.78, 5) is 11.0. The Morgan fingerprint density at radius 1 is 1.35 bits per heavy atom. The van der Waals surface area contributed by atoms with Gasteiger partial charge in [0.05, 0.1) is 5.56 Å². The summed E-state index contributed by atoms with van der Waals surface area (Å²) < 4.78 is 42.6. The molecule has 1 amide bonds. The Bertz CT molecular complexity index is 625. The lowest BCUT2D eigenvalue weighted by molar-refractivity contribution is -0.137. The van der Waals surface area contributed by atoms with Gasteiger partial charge in [-0.2, -0.15) is 13.2 Å². The van der Waals surface area contributed by atoms with Crippen molar-refractivity contribution in [3.63, 3.8) is 0 Å². The Labute approximate surface area is 116 Å². The van der Waals surface area contributed by atoms with Crippen molar-refractivity contribution in [1.29, 1.82) is 0 Å². The number of hydrogen-bond donors (Lipinski definition) is 1. The number of benzene rings is 1. The van der Waals surface area contributed by atoms with Crippen LogP contribution in [0, 0.1) is 0 Å².